The van der Waals surface area contributed by atoms with E-state index in [9.17, 15) is 14.5 Å². The molecular weight excluding hydrogens is 289 g/mol. The summed E-state index contributed by atoms with van der Waals surface area (Å²) in [5, 5.41) is 10.7. The van der Waals surface area contributed by atoms with Gasteiger partial charge < -0.3 is 0 Å². The zero-order valence-electron chi connectivity index (χ0n) is 12.1. The highest BCUT2D eigenvalue weighted by molar-refractivity contribution is 7.99. The normalized spacial score (nSPS) is 11.4. The molecule has 0 bridgehead atoms. The number of nitro benzene ring substituents is 1. The van der Waals surface area contributed by atoms with E-state index in [-0.39, 0.29) is 11.1 Å². The fraction of sp³-hybridized carbons (Fsp3) is 0.250. The summed E-state index contributed by atoms with van der Waals surface area (Å²) in [4.78, 5) is 11.6. The van der Waals surface area contributed by atoms with E-state index in [1.54, 1.807) is 0 Å². The van der Waals surface area contributed by atoms with Crippen LogP contribution in [-0.2, 0) is 5.41 Å². The molecule has 2 aromatic carbocycles. The van der Waals surface area contributed by atoms with Crippen molar-refractivity contribution in [3.63, 3.8) is 0 Å². The first-order valence-electron chi connectivity index (χ1n) is 6.49. The zero-order chi connectivity index (χ0) is 15.6. The van der Waals surface area contributed by atoms with E-state index in [2.05, 4.69) is 20.8 Å². The molecule has 0 aliphatic rings. The molecule has 3 nitrogen and oxygen atoms in total. The van der Waals surface area contributed by atoms with Gasteiger partial charge in [-0.15, -0.1) is 0 Å². The Balaban J connectivity index is 2.24. The molecule has 0 N–H and O–H groups in total. The van der Waals surface area contributed by atoms with Gasteiger partial charge in [0.2, 0.25) is 0 Å². The van der Waals surface area contributed by atoms with Crippen LogP contribution in [0.1, 0.15) is 26.3 Å². The van der Waals surface area contributed by atoms with E-state index in [0.717, 1.165) is 11.0 Å². The maximum atomic E-state index is 13.4. The summed E-state index contributed by atoms with van der Waals surface area (Å²) in [5.74, 6) is -0.599. The predicted molar refractivity (Wildman–Crippen MR) is 82.3 cm³/mol. The summed E-state index contributed by atoms with van der Waals surface area (Å²) in [5.41, 5.74) is 1.04. The smallest absolute Gasteiger partial charge is 0.258 e. The third-order valence-electron chi connectivity index (χ3n) is 3.02. The first-order valence-corrected chi connectivity index (χ1v) is 7.31. The SMILES string of the molecule is CC(C)(C)c1ccc(Sc2cc(F)cc([N+](=O)[O-])c2)cc1. The minimum absolute atomic E-state index is 0.0703. The molecule has 0 spiro atoms. The highest BCUT2D eigenvalue weighted by Crippen LogP contribution is 2.32. The van der Waals surface area contributed by atoms with Crippen LogP contribution in [0.25, 0.3) is 0 Å². The molecule has 0 fully saturated rings. The first kappa shape index (κ1) is 15.5. The summed E-state index contributed by atoms with van der Waals surface area (Å²) < 4.78 is 13.4. The number of halogens is 1. The van der Waals surface area contributed by atoms with Gasteiger partial charge in [0.25, 0.3) is 5.69 Å². The molecule has 0 saturated carbocycles. The Morgan fingerprint density at radius 2 is 1.67 bits per heavy atom. The number of benzene rings is 2. The van der Waals surface area contributed by atoms with Crippen LogP contribution in [0.5, 0.6) is 0 Å². The van der Waals surface area contributed by atoms with Crippen molar-refractivity contribution in [2.45, 2.75) is 36.0 Å². The Bertz CT molecular complexity index is 663. The molecule has 0 heterocycles. The van der Waals surface area contributed by atoms with Gasteiger partial charge in [-0.2, -0.15) is 0 Å². The van der Waals surface area contributed by atoms with Crippen LogP contribution in [0.2, 0.25) is 0 Å². The van der Waals surface area contributed by atoms with E-state index in [4.69, 9.17) is 0 Å². The van der Waals surface area contributed by atoms with Gasteiger partial charge in [-0.3, -0.25) is 10.1 Å². The first-order chi connectivity index (χ1) is 9.75. The average Bonchev–Trinajstić information content (AvgIpc) is 2.37. The largest absolute Gasteiger partial charge is 0.273 e. The standard InChI is InChI=1S/C16H16FNO2S/c1-16(2,3)11-4-6-14(7-5-11)21-15-9-12(17)8-13(10-15)18(19)20/h4-10H,1-3H3. The number of rotatable bonds is 3. The van der Waals surface area contributed by atoms with Gasteiger partial charge in [-0.25, -0.2) is 4.39 Å². The molecule has 2 aromatic rings. The number of non-ortho nitro benzene ring substituents is 1. The fourth-order valence-electron chi connectivity index (χ4n) is 1.87. The van der Waals surface area contributed by atoms with E-state index in [1.807, 2.05) is 24.3 Å². The summed E-state index contributed by atoms with van der Waals surface area (Å²) in [6.07, 6.45) is 0. The van der Waals surface area contributed by atoms with Gasteiger partial charge >= 0.3 is 0 Å². The Labute approximate surface area is 127 Å². The van der Waals surface area contributed by atoms with Gasteiger partial charge in [0.05, 0.1) is 11.0 Å². The second-order valence-electron chi connectivity index (χ2n) is 5.78. The van der Waals surface area contributed by atoms with Crippen molar-refractivity contribution in [3.05, 3.63) is 64.0 Å². The second kappa shape index (κ2) is 5.85. The van der Waals surface area contributed by atoms with Gasteiger partial charge in [-0.05, 0) is 29.2 Å². The molecule has 110 valence electrons. The van der Waals surface area contributed by atoms with Crippen molar-refractivity contribution in [1.29, 1.82) is 0 Å². The molecule has 0 atom stereocenters. The molecule has 0 saturated heterocycles. The fourth-order valence-corrected chi connectivity index (χ4v) is 2.77. The summed E-state index contributed by atoms with van der Waals surface area (Å²) in [6, 6.07) is 11.5. The van der Waals surface area contributed by atoms with E-state index in [0.29, 0.717) is 4.90 Å². The molecule has 0 amide bonds. The Morgan fingerprint density at radius 1 is 1.05 bits per heavy atom. The van der Waals surface area contributed by atoms with Crippen LogP contribution in [0.4, 0.5) is 10.1 Å². The quantitative estimate of drug-likeness (QED) is 0.579. The maximum absolute atomic E-state index is 13.4. The van der Waals surface area contributed by atoms with Crippen LogP contribution >= 0.6 is 11.8 Å². The molecule has 0 aromatic heterocycles. The molecular formula is C16H16FNO2S. The van der Waals surface area contributed by atoms with Gasteiger partial charge in [0.1, 0.15) is 5.82 Å². The third kappa shape index (κ3) is 4.04. The van der Waals surface area contributed by atoms with E-state index < -0.39 is 10.7 Å². The Morgan fingerprint density at radius 3 is 2.19 bits per heavy atom. The number of hydrogen-bond acceptors (Lipinski definition) is 3. The zero-order valence-corrected chi connectivity index (χ0v) is 12.9. The minimum atomic E-state index is -0.599. The number of nitrogens with zero attached hydrogens (tertiary/aromatic N) is 1. The van der Waals surface area contributed by atoms with Gasteiger partial charge in [-0.1, -0.05) is 44.7 Å². The molecule has 2 rings (SSSR count). The van der Waals surface area contributed by atoms with Crippen molar-refractivity contribution < 1.29 is 9.31 Å². The average molecular weight is 305 g/mol. The lowest BCUT2D eigenvalue weighted by molar-refractivity contribution is -0.385. The molecule has 0 aliphatic carbocycles. The molecule has 0 radical (unpaired) electrons. The van der Waals surface area contributed by atoms with Crippen LogP contribution in [-0.4, -0.2) is 4.92 Å². The summed E-state index contributed by atoms with van der Waals surface area (Å²) in [7, 11) is 0. The van der Waals surface area contributed by atoms with Gasteiger partial charge in [0.15, 0.2) is 0 Å². The van der Waals surface area contributed by atoms with E-state index >= 15 is 0 Å². The molecule has 0 unspecified atom stereocenters. The van der Waals surface area contributed by atoms with Crippen LogP contribution in [0.3, 0.4) is 0 Å². The third-order valence-corrected chi connectivity index (χ3v) is 4.00. The number of nitro groups is 1. The molecule has 21 heavy (non-hydrogen) atoms. The summed E-state index contributed by atoms with van der Waals surface area (Å²) in [6.45, 7) is 6.39. The maximum Gasteiger partial charge on any atom is 0.273 e. The van der Waals surface area contributed by atoms with Crippen molar-refractivity contribution in [2.24, 2.45) is 0 Å². The van der Waals surface area contributed by atoms with Gasteiger partial charge in [0, 0.05) is 15.9 Å². The molecule has 5 heteroatoms. The van der Waals surface area contributed by atoms with Crippen LogP contribution < -0.4 is 0 Å². The lowest BCUT2D eigenvalue weighted by Gasteiger charge is -2.19. The van der Waals surface area contributed by atoms with E-state index in [1.165, 1.54) is 29.5 Å². The molecule has 0 aliphatic heterocycles. The van der Waals surface area contributed by atoms with Crippen LogP contribution in [0.15, 0.2) is 52.3 Å². The number of hydrogen-bond donors (Lipinski definition) is 0. The van der Waals surface area contributed by atoms with Crippen molar-refractivity contribution in [3.8, 4) is 0 Å². The second-order valence-corrected chi connectivity index (χ2v) is 6.93. The van der Waals surface area contributed by atoms with Crippen molar-refractivity contribution in [1.82, 2.24) is 0 Å². The minimum Gasteiger partial charge on any atom is -0.258 e. The monoisotopic (exact) mass is 305 g/mol. The highest BCUT2D eigenvalue weighted by atomic mass is 32.2. The van der Waals surface area contributed by atoms with Crippen molar-refractivity contribution in [2.75, 3.05) is 0 Å². The summed E-state index contributed by atoms with van der Waals surface area (Å²) >= 11 is 1.31. The Hall–Kier alpha value is -1.88. The lowest BCUT2D eigenvalue weighted by Crippen LogP contribution is -2.10. The highest BCUT2D eigenvalue weighted by Gasteiger charge is 2.14. The van der Waals surface area contributed by atoms with Crippen LogP contribution in [0, 0.1) is 15.9 Å². The van der Waals surface area contributed by atoms with Crippen molar-refractivity contribution >= 4 is 17.4 Å². The predicted octanol–water partition coefficient (Wildman–Crippen LogP) is 5.18. The lowest BCUT2D eigenvalue weighted by atomic mass is 9.87. The topological polar surface area (TPSA) is 43.1 Å². The Kier molecular flexibility index (Phi) is 4.32.